The summed E-state index contributed by atoms with van der Waals surface area (Å²) in [7, 11) is 0. The van der Waals surface area contributed by atoms with Gasteiger partial charge in [0.15, 0.2) is 11.8 Å². The van der Waals surface area contributed by atoms with E-state index in [0.717, 1.165) is 37.7 Å². The van der Waals surface area contributed by atoms with Gasteiger partial charge in [0, 0.05) is 22.9 Å². The minimum absolute atomic E-state index is 0.0228. The van der Waals surface area contributed by atoms with Gasteiger partial charge in [0.1, 0.15) is 12.3 Å². The molecule has 1 aliphatic carbocycles. The zero-order valence-corrected chi connectivity index (χ0v) is 21.7. The van der Waals surface area contributed by atoms with Crippen LogP contribution in [0.15, 0.2) is 77.4 Å². The van der Waals surface area contributed by atoms with Crippen LogP contribution in [-0.4, -0.2) is 43.8 Å². The number of carbonyl (C=O) groups is 3. The van der Waals surface area contributed by atoms with Gasteiger partial charge in [-0.1, -0.05) is 61.7 Å². The maximum absolute atomic E-state index is 14.0. The molecule has 1 aliphatic rings. The molecule has 0 saturated heterocycles. The minimum atomic E-state index is -1.10. The van der Waals surface area contributed by atoms with Crippen LogP contribution in [0.1, 0.15) is 61.2 Å². The number of hydrogen-bond donors (Lipinski definition) is 1. The highest BCUT2D eigenvalue weighted by atomic mass is 16.3. The molecule has 10 heteroatoms. The lowest BCUT2D eigenvalue weighted by Crippen LogP contribution is -2.48. The molecule has 5 rings (SSSR count). The fraction of sp³-hybridized carbons (Fsp3) is 0.310. The molecule has 4 aromatic rings. The van der Waals surface area contributed by atoms with Gasteiger partial charge in [0.25, 0.3) is 11.8 Å². The molecular weight excluding hydrogens is 496 g/mol. The Labute approximate surface area is 226 Å². The number of nitrogens with one attached hydrogen (secondary N) is 1. The molecule has 1 atom stereocenters. The zero-order valence-electron chi connectivity index (χ0n) is 21.7. The van der Waals surface area contributed by atoms with E-state index in [2.05, 4.69) is 20.7 Å². The van der Waals surface area contributed by atoms with Crippen LogP contribution < -0.4 is 10.2 Å². The van der Waals surface area contributed by atoms with Crippen molar-refractivity contribution >= 4 is 23.3 Å². The van der Waals surface area contributed by atoms with Gasteiger partial charge in [0.2, 0.25) is 5.82 Å². The molecule has 1 N–H and O–H groups in total. The SMILES string of the molecule is CC(=O)c1cccc(N(C(=O)Cn2nnc(-c3ccccc3)n2)[C@H](C(=O)NC2CCCCC2)c2ccco2)c1. The predicted octanol–water partition coefficient (Wildman–Crippen LogP) is 4.36. The van der Waals surface area contributed by atoms with Crippen molar-refractivity contribution in [1.29, 1.82) is 0 Å². The topological polar surface area (TPSA) is 123 Å². The second kappa shape index (κ2) is 11.8. The molecule has 2 amide bonds. The van der Waals surface area contributed by atoms with Crippen LogP contribution in [0.4, 0.5) is 5.69 Å². The van der Waals surface area contributed by atoms with Crippen LogP contribution in [-0.2, 0) is 16.1 Å². The minimum Gasteiger partial charge on any atom is -0.467 e. The number of amides is 2. The van der Waals surface area contributed by atoms with Gasteiger partial charge in [0.05, 0.1) is 6.26 Å². The van der Waals surface area contributed by atoms with E-state index >= 15 is 0 Å². The van der Waals surface area contributed by atoms with Crippen molar-refractivity contribution in [3.05, 3.63) is 84.3 Å². The highest BCUT2D eigenvalue weighted by molar-refractivity contribution is 6.02. The molecule has 200 valence electrons. The van der Waals surface area contributed by atoms with Gasteiger partial charge in [-0.3, -0.25) is 19.3 Å². The summed E-state index contributed by atoms with van der Waals surface area (Å²) >= 11 is 0. The van der Waals surface area contributed by atoms with Crippen molar-refractivity contribution < 1.29 is 18.8 Å². The normalized spacial score (nSPS) is 14.5. The van der Waals surface area contributed by atoms with Crippen molar-refractivity contribution in [3.63, 3.8) is 0 Å². The first-order valence-corrected chi connectivity index (χ1v) is 13.1. The summed E-state index contributed by atoms with van der Waals surface area (Å²) in [5, 5.41) is 15.7. The van der Waals surface area contributed by atoms with Gasteiger partial charge in [-0.25, -0.2) is 0 Å². The van der Waals surface area contributed by atoms with E-state index in [1.54, 1.807) is 36.4 Å². The van der Waals surface area contributed by atoms with Crippen LogP contribution in [0.5, 0.6) is 0 Å². The zero-order chi connectivity index (χ0) is 27.2. The first-order chi connectivity index (χ1) is 19.0. The van der Waals surface area contributed by atoms with Crippen molar-refractivity contribution in [1.82, 2.24) is 25.5 Å². The molecule has 0 radical (unpaired) electrons. The van der Waals surface area contributed by atoms with Crippen LogP contribution in [0, 0.1) is 0 Å². The molecular formula is C29H30N6O4. The third kappa shape index (κ3) is 6.11. The number of rotatable bonds is 9. The van der Waals surface area contributed by atoms with E-state index in [0.29, 0.717) is 22.8 Å². The second-order valence-electron chi connectivity index (χ2n) is 9.64. The van der Waals surface area contributed by atoms with E-state index in [1.807, 2.05) is 30.3 Å². The molecule has 10 nitrogen and oxygen atoms in total. The quantitative estimate of drug-likeness (QED) is 0.322. The molecule has 1 fully saturated rings. The molecule has 2 aromatic carbocycles. The van der Waals surface area contributed by atoms with Gasteiger partial charge in [-0.2, -0.15) is 4.80 Å². The Bertz CT molecular complexity index is 1430. The second-order valence-corrected chi connectivity index (χ2v) is 9.64. The van der Waals surface area contributed by atoms with Crippen molar-refractivity contribution in [3.8, 4) is 11.4 Å². The van der Waals surface area contributed by atoms with Gasteiger partial charge in [-0.15, -0.1) is 10.2 Å². The molecule has 0 spiro atoms. The molecule has 2 heterocycles. The van der Waals surface area contributed by atoms with E-state index in [9.17, 15) is 14.4 Å². The van der Waals surface area contributed by atoms with Crippen LogP contribution in [0.2, 0.25) is 0 Å². The largest absolute Gasteiger partial charge is 0.467 e. The fourth-order valence-electron chi connectivity index (χ4n) is 4.87. The lowest BCUT2D eigenvalue weighted by molar-refractivity contribution is -0.128. The Morgan fingerprint density at radius 2 is 1.82 bits per heavy atom. The molecule has 0 bridgehead atoms. The van der Waals surface area contributed by atoms with Crippen molar-refractivity contribution in [2.45, 2.75) is 57.7 Å². The number of benzene rings is 2. The molecule has 0 unspecified atom stereocenters. The van der Waals surface area contributed by atoms with Gasteiger partial charge < -0.3 is 9.73 Å². The molecule has 1 saturated carbocycles. The third-order valence-electron chi connectivity index (χ3n) is 6.83. The van der Waals surface area contributed by atoms with E-state index in [4.69, 9.17) is 4.42 Å². The average molecular weight is 527 g/mol. The Hall–Kier alpha value is -4.60. The highest BCUT2D eigenvalue weighted by Gasteiger charge is 2.36. The van der Waals surface area contributed by atoms with Gasteiger partial charge >= 0.3 is 0 Å². The number of anilines is 1. The van der Waals surface area contributed by atoms with Crippen molar-refractivity contribution in [2.24, 2.45) is 0 Å². The lowest BCUT2D eigenvalue weighted by atomic mass is 9.95. The number of Topliss-reactive ketones (excluding diaryl/α,β-unsaturated/α-hetero) is 1. The number of furan rings is 1. The third-order valence-corrected chi connectivity index (χ3v) is 6.83. The molecule has 0 aliphatic heterocycles. The number of carbonyl (C=O) groups excluding carboxylic acids is 3. The highest BCUT2D eigenvalue weighted by Crippen LogP contribution is 2.30. The summed E-state index contributed by atoms with van der Waals surface area (Å²) in [5.74, 6) is -0.286. The van der Waals surface area contributed by atoms with Crippen LogP contribution in [0.3, 0.4) is 0 Å². The summed E-state index contributed by atoms with van der Waals surface area (Å²) in [5.41, 5.74) is 1.57. The van der Waals surface area contributed by atoms with Crippen molar-refractivity contribution in [2.75, 3.05) is 4.90 Å². The summed E-state index contributed by atoms with van der Waals surface area (Å²) in [4.78, 5) is 42.5. The van der Waals surface area contributed by atoms with Gasteiger partial charge in [-0.05, 0) is 49.2 Å². The average Bonchev–Trinajstić information content (AvgIpc) is 3.65. The number of nitrogens with zero attached hydrogens (tertiary/aromatic N) is 5. The van der Waals surface area contributed by atoms with E-state index in [1.165, 1.54) is 22.9 Å². The fourth-order valence-corrected chi connectivity index (χ4v) is 4.87. The van der Waals surface area contributed by atoms with Crippen LogP contribution in [0.25, 0.3) is 11.4 Å². The standard InChI is InChI=1S/C29H30N6O4/c1-20(36)22-12-8-15-24(18-22)35(26(37)19-34-32-28(31-33-34)21-10-4-2-5-11-21)27(25-16-9-17-39-25)29(38)30-23-13-6-3-7-14-23/h2,4-5,8-12,15-18,23,27H,3,6-7,13-14,19H2,1H3,(H,30,38)/t27-/m0/s1. The van der Waals surface area contributed by atoms with E-state index < -0.39 is 11.9 Å². The summed E-state index contributed by atoms with van der Waals surface area (Å²) in [6.45, 7) is 1.17. The number of ketones is 1. The maximum Gasteiger partial charge on any atom is 0.251 e. The Kier molecular flexibility index (Phi) is 7.91. The Balaban J connectivity index is 1.50. The molecule has 39 heavy (non-hydrogen) atoms. The summed E-state index contributed by atoms with van der Waals surface area (Å²) < 4.78 is 5.68. The summed E-state index contributed by atoms with van der Waals surface area (Å²) in [6.07, 6.45) is 6.47. The Morgan fingerprint density at radius 1 is 1.03 bits per heavy atom. The number of hydrogen-bond acceptors (Lipinski definition) is 7. The number of tetrazole rings is 1. The lowest BCUT2D eigenvalue weighted by Gasteiger charge is -2.32. The van der Waals surface area contributed by atoms with E-state index in [-0.39, 0.29) is 24.3 Å². The summed E-state index contributed by atoms with van der Waals surface area (Å²) in [6, 6.07) is 18.2. The monoisotopic (exact) mass is 526 g/mol. The Morgan fingerprint density at radius 3 is 2.54 bits per heavy atom. The smallest absolute Gasteiger partial charge is 0.251 e. The molecule has 2 aromatic heterocycles. The predicted molar refractivity (Wildman–Crippen MR) is 144 cm³/mol. The maximum atomic E-state index is 14.0. The first kappa shape index (κ1) is 26.0. The first-order valence-electron chi connectivity index (χ1n) is 13.1. The van der Waals surface area contributed by atoms with Crippen LogP contribution >= 0.6 is 0 Å². The number of aromatic nitrogens is 4.